The molecule has 60 valence electrons. The van der Waals surface area contributed by atoms with Crippen LogP contribution < -0.4 is 5.32 Å². The fourth-order valence-corrected chi connectivity index (χ4v) is 1.47. The Kier molecular flexibility index (Phi) is 1.70. The summed E-state index contributed by atoms with van der Waals surface area (Å²) in [5.41, 5.74) is 1.41. The molecule has 2 rings (SSSR count). The second-order valence-electron chi connectivity index (χ2n) is 3.17. The molecule has 0 amide bonds. The lowest BCUT2D eigenvalue weighted by molar-refractivity contribution is 0.663. The number of rotatable bonds is 3. The van der Waals surface area contributed by atoms with Crippen LogP contribution in [0, 0.1) is 0 Å². The summed E-state index contributed by atoms with van der Waals surface area (Å²) < 4.78 is 2.39. The molecule has 0 bridgehead atoms. The van der Waals surface area contributed by atoms with Crippen molar-refractivity contribution in [2.24, 2.45) is 0 Å². The third-order valence-corrected chi connectivity index (χ3v) is 2.17. The van der Waals surface area contributed by atoms with Gasteiger partial charge in [0.05, 0.1) is 0 Å². The van der Waals surface area contributed by atoms with Crippen molar-refractivity contribution in [1.82, 2.24) is 9.88 Å². The second-order valence-corrected chi connectivity index (χ2v) is 3.17. The van der Waals surface area contributed by atoms with Crippen molar-refractivity contribution in [2.45, 2.75) is 25.4 Å². The molecular weight excluding hydrogens is 136 g/mol. The molecule has 0 aliphatic heterocycles. The standard InChI is InChI=1S/C9H14N2/c1-10-7-9-3-2-6-11(9)8-4-5-8/h2-3,6,8,10H,4-5,7H2,1H3. The van der Waals surface area contributed by atoms with Crippen LogP contribution >= 0.6 is 0 Å². The maximum absolute atomic E-state index is 3.17. The average molecular weight is 150 g/mol. The van der Waals surface area contributed by atoms with Crippen molar-refractivity contribution >= 4 is 0 Å². The van der Waals surface area contributed by atoms with Gasteiger partial charge in [-0.15, -0.1) is 0 Å². The summed E-state index contributed by atoms with van der Waals surface area (Å²) in [5.74, 6) is 0. The van der Waals surface area contributed by atoms with E-state index in [-0.39, 0.29) is 0 Å². The Hall–Kier alpha value is -0.760. The number of aromatic nitrogens is 1. The molecule has 1 aliphatic rings. The van der Waals surface area contributed by atoms with Gasteiger partial charge in [0.2, 0.25) is 0 Å². The van der Waals surface area contributed by atoms with Crippen LogP contribution in [-0.2, 0) is 6.54 Å². The number of hydrogen-bond donors (Lipinski definition) is 1. The van der Waals surface area contributed by atoms with Crippen LogP contribution in [0.5, 0.6) is 0 Å². The Morgan fingerprint density at radius 3 is 3.09 bits per heavy atom. The van der Waals surface area contributed by atoms with E-state index in [1.807, 2.05) is 7.05 Å². The first-order valence-corrected chi connectivity index (χ1v) is 4.22. The van der Waals surface area contributed by atoms with E-state index < -0.39 is 0 Å². The van der Waals surface area contributed by atoms with Gasteiger partial charge in [0.1, 0.15) is 0 Å². The first-order valence-electron chi connectivity index (χ1n) is 4.22. The lowest BCUT2D eigenvalue weighted by Gasteiger charge is -2.05. The molecule has 11 heavy (non-hydrogen) atoms. The van der Waals surface area contributed by atoms with Crippen molar-refractivity contribution in [3.63, 3.8) is 0 Å². The fraction of sp³-hybridized carbons (Fsp3) is 0.556. The Morgan fingerprint density at radius 1 is 1.64 bits per heavy atom. The van der Waals surface area contributed by atoms with Gasteiger partial charge in [-0.1, -0.05) is 0 Å². The quantitative estimate of drug-likeness (QED) is 0.691. The molecule has 1 aliphatic carbocycles. The van der Waals surface area contributed by atoms with Crippen LogP contribution in [0.15, 0.2) is 18.3 Å². The van der Waals surface area contributed by atoms with Gasteiger partial charge in [0, 0.05) is 24.5 Å². The highest BCUT2D eigenvalue weighted by Gasteiger charge is 2.24. The summed E-state index contributed by atoms with van der Waals surface area (Å²) in [6.45, 7) is 0.990. The molecule has 0 spiro atoms. The Labute approximate surface area is 67.2 Å². The van der Waals surface area contributed by atoms with Gasteiger partial charge < -0.3 is 9.88 Å². The average Bonchev–Trinajstić information content (AvgIpc) is 2.75. The van der Waals surface area contributed by atoms with Gasteiger partial charge in [0.25, 0.3) is 0 Å². The summed E-state index contributed by atoms with van der Waals surface area (Å²) in [7, 11) is 1.99. The molecule has 2 nitrogen and oxygen atoms in total. The van der Waals surface area contributed by atoms with Crippen molar-refractivity contribution < 1.29 is 0 Å². The molecule has 0 unspecified atom stereocenters. The Morgan fingerprint density at radius 2 is 2.45 bits per heavy atom. The van der Waals surface area contributed by atoms with Crippen LogP contribution in [0.4, 0.5) is 0 Å². The molecule has 0 radical (unpaired) electrons. The maximum atomic E-state index is 3.17. The molecule has 1 fully saturated rings. The van der Waals surface area contributed by atoms with Crippen LogP contribution in [0.25, 0.3) is 0 Å². The van der Waals surface area contributed by atoms with Crippen molar-refractivity contribution in [2.75, 3.05) is 7.05 Å². The van der Waals surface area contributed by atoms with Crippen molar-refractivity contribution in [3.8, 4) is 0 Å². The van der Waals surface area contributed by atoms with Crippen molar-refractivity contribution in [3.05, 3.63) is 24.0 Å². The minimum atomic E-state index is 0.813. The van der Waals surface area contributed by atoms with Gasteiger partial charge in [-0.2, -0.15) is 0 Å². The first kappa shape index (κ1) is 6.92. The molecule has 1 saturated carbocycles. The maximum Gasteiger partial charge on any atom is 0.0357 e. The second kappa shape index (κ2) is 2.70. The van der Waals surface area contributed by atoms with E-state index in [1.54, 1.807) is 0 Å². The normalized spacial score (nSPS) is 17.2. The monoisotopic (exact) mass is 150 g/mol. The number of nitrogens with zero attached hydrogens (tertiary/aromatic N) is 1. The molecule has 0 aromatic carbocycles. The number of nitrogens with one attached hydrogen (secondary N) is 1. The highest BCUT2D eigenvalue weighted by molar-refractivity contribution is 5.10. The summed E-state index contributed by atoms with van der Waals surface area (Å²) >= 11 is 0. The van der Waals surface area contributed by atoms with Crippen LogP contribution in [-0.4, -0.2) is 11.6 Å². The lowest BCUT2D eigenvalue weighted by Crippen LogP contribution is -2.09. The molecular formula is C9H14N2. The first-order chi connectivity index (χ1) is 5.42. The molecule has 0 atom stereocenters. The minimum Gasteiger partial charge on any atom is -0.347 e. The van der Waals surface area contributed by atoms with E-state index in [2.05, 4.69) is 28.2 Å². The van der Waals surface area contributed by atoms with Gasteiger partial charge in [-0.25, -0.2) is 0 Å². The van der Waals surface area contributed by atoms with E-state index in [9.17, 15) is 0 Å². The fourth-order valence-electron chi connectivity index (χ4n) is 1.47. The molecule has 0 saturated heterocycles. The molecule has 1 heterocycles. The van der Waals surface area contributed by atoms with E-state index in [0.717, 1.165) is 12.6 Å². The zero-order valence-electron chi connectivity index (χ0n) is 6.88. The smallest absolute Gasteiger partial charge is 0.0357 e. The summed E-state index contributed by atoms with van der Waals surface area (Å²) in [4.78, 5) is 0. The topological polar surface area (TPSA) is 17.0 Å². The van der Waals surface area contributed by atoms with Gasteiger partial charge in [0.15, 0.2) is 0 Å². The summed E-state index contributed by atoms with van der Waals surface area (Å²) in [6.07, 6.45) is 4.92. The zero-order valence-corrected chi connectivity index (χ0v) is 6.88. The number of hydrogen-bond acceptors (Lipinski definition) is 1. The minimum absolute atomic E-state index is 0.813. The van der Waals surface area contributed by atoms with E-state index >= 15 is 0 Å². The third kappa shape index (κ3) is 1.31. The largest absolute Gasteiger partial charge is 0.347 e. The van der Waals surface area contributed by atoms with Gasteiger partial charge >= 0.3 is 0 Å². The summed E-state index contributed by atoms with van der Waals surface area (Å²) in [5, 5.41) is 3.17. The SMILES string of the molecule is CNCc1cccn1C1CC1. The van der Waals surface area contributed by atoms with Crippen LogP contribution in [0.1, 0.15) is 24.6 Å². The lowest BCUT2D eigenvalue weighted by atomic mass is 10.4. The van der Waals surface area contributed by atoms with Gasteiger partial charge in [-0.05, 0) is 32.0 Å². The predicted molar refractivity (Wildman–Crippen MR) is 45.5 cm³/mol. The third-order valence-electron chi connectivity index (χ3n) is 2.17. The van der Waals surface area contributed by atoms with E-state index in [0.29, 0.717) is 0 Å². The van der Waals surface area contributed by atoms with Gasteiger partial charge in [-0.3, -0.25) is 0 Å². The zero-order chi connectivity index (χ0) is 7.68. The Bertz CT molecular complexity index is 235. The molecule has 1 N–H and O–H groups in total. The van der Waals surface area contributed by atoms with Crippen LogP contribution in [0.3, 0.4) is 0 Å². The van der Waals surface area contributed by atoms with Crippen molar-refractivity contribution in [1.29, 1.82) is 0 Å². The highest BCUT2D eigenvalue weighted by atomic mass is 15.1. The predicted octanol–water partition coefficient (Wildman–Crippen LogP) is 1.54. The molecule has 1 aromatic rings. The molecule has 1 aromatic heterocycles. The Balaban J connectivity index is 2.16. The van der Waals surface area contributed by atoms with Crippen LogP contribution in [0.2, 0.25) is 0 Å². The molecule has 2 heteroatoms. The highest BCUT2D eigenvalue weighted by Crippen LogP contribution is 2.35. The van der Waals surface area contributed by atoms with E-state index in [4.69, 9.17) is 0 Å². The van der Waals surface area contributed by atoms with E-state index in [1.165, 1.54) is 18.5 Å². The summed E-state index contributed by atoms with van der Waals surface area (Å²) in [6, 6.07) is 5.13.